The van der Waals surface area contributed by atoms with Crippen molar-refractivity contribution in [2.24, 2.45) is 4.99 Å². The van der Waals surface area contributed by atoms with E-state index in [4.69, 9.17) is 4.74 Å². The first-order chi connectivity index (χ1) is 7.77. The maximum absolute atomic E-state index is 5.14. The van der Waals surface area contributed by atoms with E-state index < -0.39 is 0 Å². The zero-order valence-corrected chi connectivity index (χ0v) is 10.5. The SMILES string of the molecule is CCCN(CCOC)C1C=CC=C(C)N=C1. The van der Waals surface area contributed by atoms with Crippen molar-refractivity contribution in [3.8, 4) is 0 Å². The quantitative estimate of drug-likeness (QED) is 0.688. The lowest BCUT2D eigenvalue weighted by atomic mass is 10.2. The van der Waals surface area contributed by atoms with Crippen LogP contribution in [0.4, 0.5) is 0 Å². The normalized spacial score (nSPS) is 20.0. The van der Waals surface area contributed by atoms with Crippen molar-refractivity contribution in [1.82, 2.24) is 4.90 Å². The molecule has 0 N–H and O–H groups in total. The van der Waals surface area contributed by atoms with E-state index in [1.165, 1.54) is 0 Å². The van der Waals surface area contributed by atoms with Gasteiger partial charge in [-0.05, 0) is 26.0 Å². The van der Waals surface area contributed by atoms with E-state index in [-0.39, 0.29) is 0 Å². The van der Waals surface area contributed by atoms with E-state index in [0.29, 0.717) is 6.04 Å². The number of aliphatic imine (C=N–C) groups is 1. The Balaban J connectivity index is 2.60. The Morgan fingerprint density at radius 2 is 2.25 bits per heavy atom. The minimum Gasteiger partial charge on any atom is -0.383 e. The van der Waals surface area contributed by atoms with Crippen molar-refractivity contribution in [3.05, 3.63) is 23.9 Å². The van der Waals surface area contributed by atoms with Gasteiger partial charge < -0.3 is 4.74 Å². The fourth-order valence-electron chi connectivity index (χ4n) is 1.72. The second-order valence-electron chi connectivity index (χ2n) is 3.99. The third kappa shape index (κ3) is 4.29. The number of hydrogen-bond donors (Lipinski definition) is 0. The standard InChI is InChI=1S/C13H22N2O/c1-4-8-15(9-10-16-3)13-7-5-6-12(2)14-11-13/h5-7,11,13H,4,8-10H2,1-3H3. The largest absolute Gasteiger partial charge is 0.383 e. The summed E-state index contributed by atoms with van der Waals surface area (Å²) in [4.78, 5) is 6.79. The molecule has 0 aromatic rings. The van der Waals surface area contributed by atoms with Gasteiger partial charge in [0.15, 0.2) is 0 Å². The highest BCUT2D eigenvalue weighted by Crippen LogP contribution is 2.07. The molecule has 0 aromatic carbocycles. The number of rotatable bonds is 6. The molecule has 0 aromatic heterocycles. The van der Waals surface area contributed by atoms with Gasteiger partial charge >= 0.3 is 0 Å². The van der Waals surface area contributed by atoms with E-state index >= 15 is 0 Å². The molecule has 1 unspecified atom stereocenters. The molecule has 3 heteroatoms. The van der Waals surface area contributed by atoms with Crippen LogP contribution in [0.15, 0.2) is 28.9 Å². The second-order valence-corrected chi connectivity index (χ2v) is 3.99. The van der Waals surface area contributed by atoms with Gasteiger partial charge in [0.05, 0.1) is 12.6 Å². The molecule has 1 aliphatic rings. The number of nitrogens with zero attached hydrogens (tertiary/aromatic N) is 2. The molecule has 0 bridgehead atoms. The highest BCUT2D eigenvalue weighted by molar-refractivity contribution is 5.69. The fourth-order valence-corrected chi connectivity index (χ4v) is 1.72. The molecular formula is C13H22N2O. The minimum absolute atomic E-state index is 0.295. The summed E-state index contributed by atoms with van der Waals surface area (Å²) in [6.07, 6.45) is 9.47. The Labute approximate surface area is 98.5 Å². The van der Waals surface area contributed by atoms with Gasteiger partial charge in [0, 0.05) is 25.6 Å². The van der Waals surface area contributed by atoms with Crippen LogP contribution >= 0.6 is 0 Å². The molecule has 1 aliphatic heterocycles. The highest BCUT2D eigenvalue weighted by atomic mass is 16.5. The molecule has 1 rings (SSSR count). The molecule has 0 saturated carbocycles. The van der Waals surface area contributed by atoms with Crippen LogP contribution < -0.4 is 0 Å². The van der Waals surface area contributed by atoms with Crippen molar-refractivity contribution < 1.29 is 4.74 Å². The molecule has 90 valence electrons. The van der Waals surface area contributed by atoms with Crippen LogP contribution in [0.3, 0.4) is 0 Å². The summed E-state index contributed by atoms with van der Waals surface area (Å²) >= 11 is 0. The predicted molar refractivity (Wildman–Crippen MR) is 68.9 cm³/mol. The lowest BCUT2D eigenvalue weighted by molar-refractivity contribution is 0.146. The smallest absolute Gasteiger partial charge is 0.0639 e. The number of hydrogen-bond acceptors (Lipinski definition) is 3. The minimum atomic E-state index is 0.295. The maximum Gasteiger partial charge on any atom is 0.0639 e. The molecule has 0 fully saturated rings. The zero-order chi connectivity index (χ0) is 11.8. The van der Waals surface area contributed by atoms with Crippen LogP contribution in [-0.4, -0.2) is 44.0 Å². The summed E-state index contributed by atoms with van der Waals surface area (Å²) in [5.74, 6) is 0. The average Bonchev–Trinajstić information content (AvgIpc) is 2.49. The number of allylic oxidation sites excluding steroid dienone is 3. The van der Waals surface area contributed by atoms with Crippen LogP contribution in [0.25, 0.3) is 0 Å². The Morgan fingerprint density at radius 3 is 2.94 bits per heavy atom. The summed E-state index contributed by atoms with van der Waals surface area (Å²) in [6.45, 7) is 7.00. The fraction of sp³-hybridized carbons (Fsp3) is 0.615. The summed E-state index contributed by atoms with van der Waals surface area (Å²) in [5, 5.41) is 0. The first-order valence-corrected chi connectivity index (χ1v) is 5.90. The molecular weight excluding hydrogens is 200 g/mol. The van der Waals surface area contributed by atoms with Gasteiger partial charge in [0.1, 0.15) is 0 Å². The molecule has 1 atom stereocenters. The summed E-state index contributed by atoms with van der Waals surface area (Å²) in [5.41, 5.74) is 1.06. The first-order valence-electron chi connectivity index (χ1n) is 5.90. The topological polar surface area (TPSA) is 24.8 Å². The summed E-state index contributed by atoms with van der Waals surface area (Å²) in [7, 11) is 1.74. The Bertz CT molecular complexity index is 282. The van der Waals surface area contributed by atoms with Gasteiger partial charge in [-0.25, -0.2) is 0 Å². The molecule has 0 aliphatic carbocycles. The highest BCUT2D eigenvalue weighted by Gasteiger charge is 2.13. The van der Waals surface area contributed by atoms with Crippen LogP contribution in [0.1, 0.15) is 20.3 Å². The monoisotopic (exact) mass is 222 g/mol. The summed E-state index contributed by atoms with van der Waals surface area (Å²) in [6, 6.07) is 0.295. The van der Waals surface area contributed by atoms with E-state index in [2.05, 4.69) is 29.0 Å². The third-order valence-corrected chi connectivity index (χ3v) is 2.59. The van der Waals surface area contributed by atoms with Crippen molar-refractivity contribution in [2.75, 3.05) is 26.8 Å². The van der Waals surface area contributed by atoms with E-state index in [1.54, 1.807) is 7.11 Å². The summed E-state index contributed by atoms with van der Waals surface area (Å²) < 4.78 is 5.14. The van der Waals surface area contributed by atoms with E-state index in [0.717, 1.165) is 31.8 Å². The van der Waals surface area contributed by atoms with E-state index in [1.807, 2.05) is 19.2 Å². The molecule has 0 saturated heterocycles. The van der Waals surface area contributed by atoms with Crippen LogP contribution in [0, 0.1) is 0 Å². The molecule has 1 heterocycles. The lowest BCUT2D eigenvalue weighted by Gasteiger charge is -2.26. The molecule has 16 heavy (non-hydrogen) atoms. The third-order valence-electron chi connectivity index (χ3n) is 2.59. The molecule has 0 spiro atoms. The second kappa shape index (κ2) is 7.36. The Hall–Kier alpha value is -0.930. The van der Waals surface area contributed by atoms with Crippen molar-refractivity contribution in [1.29, 1.82) is 0 Å². The van der Waals surface area contributed by atoms with Gasteiger partial charge in [-0.3, -0.25) is 9.89 Å². The van der Waals surface area contributed by atoms with Gasteiger partial charge in [-0.2, -0.15) is 0 Å². The van der Waals surface area contributed by atoms with Crippen LogP contribution in [0.2, 0.25) is 0 Å². The van der Waals surface area contributed by atoms with Gasteiger partial charge in [0.2, 0.25) is 0 Å². The molecule has 0 radical (unpaired) electrons. The van der Waals surface area contributed by atoms with Gasteiger partial charge in [-0.1, -0.05) is 19.1 Å². The van der Waals surface area contributed by atoms with Crippen molar-refractivity contribution in [2.45, 2.75) is 26.3 Å². The number of ether oxygens (including phenoxy) is 1. The Kier molecular flexibility index (Phi) is 6.04. The predicted octanol–water partition coefficient (Wildman–Crippen LogP) is 2.26. The van der Waals surface area contributed by atoms with E-state index in [9.17, 15) is 0 Å². The van der Waals surface area contributed by atoms with Gasteiger partial charge in [-0.15, -0.1) is 0 Å². The molecule has 3 nitrogen and oxygen atoms in total. The van der Waals surface area contributed by atoms with Crippen LogP contribution in [0.5, 0.6) is 0 Å². The lowest BCUT2D eigenvalue weighted by Crippen LogP contribution is -2.38. The van der Waals surface area contributed by atoms with Crippen molar-refractivity contribution in [3.63, 3.8) is 0 Å². The Morgan fingerprint density at radius 1 is 1.44 bits per heavy atom. The average molecular weight is 222 g/mol. The zero-order valence-electron chi connectivity index (χ0n) is 10.5. The first kappa shape index (κ1) is 13.1. The maximum atomic E-state index is 5.14. The molecule has 0 amide bonds. The van der Waals surface area contributed by atoms with Crippen LogP contribution in [-0.2, 0) is 4.74 Å². The number of methoxy groups -OCH3 is 1. The van der Waals surface area contributed by atoms with Crippen molar-refractivity contribution >= 4 is 6.21 Å². The van der Waals surface area contributed by atoms with Gasteiger partial charge in [0.25, 0.3) is 0 Å².